The number of sulfonamides is 1. The molecule has 0 fully saturated rings. The van der Waals surface area contributed by atoms with Gasteiger partial charge in [0.25, 0.3) is 0 Å². The molecule has 2 amide bonds. The molecule has 1 N–H and O–H groups in total. The number of hydrogen-bond donors (Lipinski definition) is 1. The summed E-state index contributed by atoms with van der Waals surface area (Å²) in [6.45, 7) is 3.98. The quantitative estimate of drug-likeness (QED) is 0.412. The van der Waals surface area contributed by atoms with E-state index in [1.807, 2.05) is 44.2 Å². The summed E-state index contributed by atoms with van der Waals surface area (Å²) in [4.78, 5) is 28.0. The lowest BCUT2D eigenvalue weighted by atomic mass is 10.1. The normalized spacial score (nSPS) is 12.1. The number of unbranched alkanes of at least 4 members (excludes halogenated alkanes) is 1. The topological polar surface area (TPSA) is 86.8 Å². The Morgan fingerprint density at radius 3 is 2.29 bits per heavy atom. The molecule has 34 heavy (non-hydrogen) atoms. The first-order valence-electron chi connectivity index (χ1n) is 11.1. The van der Waals surface area contributed by atoms with Crippen molar-refractivity contribution in [2.75, 3.05) is 23.7 Å². The largest absolute Gasteiger partial charge is 0.354 e. The van der Waals surface area contributed by atoms with Crippen LogP contribution in [-0.2, 0) is 26.2 Å². The Labute approximate surface area is 212 Å². The van der Waals surface area contributed by atoms with Crippen molar-refractivity contribution in [1.82, 2.24) is 10.2 Å². The molecule has 186 valence electrons. The van der Waals surface area contributed by atoms with E-state index in [0.717, 1.165) is 29.0 Å². The number of carbonyl (C=O) groups is 2. The van der Waals surface area contributed by atoms with Gasteiger partial charge in [-0.05, 0) is 30.5 Å². The second-order valence-corrected chi connectivity index (χ2v) is 10.6. The van der Waals surface area contributed by atoms with Crippen LogP contribution in [0.15, 0.2) is 48.5 Å². The predicted molar refractivity (Wildman–Crippen MR) is 138 cm³/mol. The zero-order valence-electron chi connectivity index (χ0n) is 19.6. The van der Waals surface area contributed by atoms with Crippen molar-refractivity contribution in [3.05, 3.63) is 64.1 Å². The average molecular weight is 529 g/mol. The van der Waals surface area contributed by atoms with Crippen LogP contribution in [0.4, 0.5) is 5.69 Å². The van der Waals surface area contributed by atoms with E-state index in [-0.39, 0.29) is 28.2 Å². The first kappa shape index (κ1) is 28.0. The molecule has 0 unspecified atom stereocenters. The summed E-state index contributed by atoms with van der Waals surface area (Å²) in [5.41, 5.74) is 0.924. The van der Waals surface area contributed by atoms with Gasteiger partial charge in [0, 0.05) is 13.1 Å². The number of benzene rings is 2. The lowest BCUT2D eigenvalue weighted by molar-refractivity contribution is -0.140. The Morgan fingerprint density at radius 2 is 1.71 bits per heavy atom. The van der Waals surface area contributed by atoms with Crippen molar-refractivity contribution < 1.29 is 18.0 Å². The number of anilines is 1. The van der Waals surface area contributed by atoms with Crippen molar-refractivity contribution in [3.63, 3.8) is 0 Å². The van der Waals surface area contributed by atoms with Crippen molar-refractivity contribution in [2.45, 2.75) is 45.7 Å². The van der Waals surface area contributed by atoms with Crippen LogP contribution in [0.1, 0.15) is 38.7 Å². The van der Waals surface area contributed by atoms with Crippen molar-refractivity contribution in [3.8, 4) is 0 Å². The van der Waals surface area contributed by atoms with E-state index in [9.17, 15) is 18.0 Å². The highest BCUT2D eigenvalue weighted by atomic mass is 35.5. The minimum atomic E-state index is -3.89. The van der Waals surface area contributed by atoms with Crippen LogP contribution < -0.4 is 9.62 Å². The third kappa shape index (κ3) is 7.61. The SMILES string of the molecule is CCCCNC(=O)[C@H](CC)N(Cc1ccccc1)C(=O)CN(c1cccc(Cl)c1Cl)S(C)(=O)=O. The van der Waals surface area contributed by atoms with Gasteiger partial charge in [0.05, 0.1) is 22.0 Å². The average Bonchev–Trinajstić information content (AvgIpc) is 2.79. The molecular weight excluding hydrogens is 497 g/mol. The van der Waals surface area contributed by atoms with E-state index >= 15 is 0 Å². The van der Waals surface area contributed by atoms with Crippen LogP contribution in [0.25, 0.3) is 0 Å². The maximum atomic E-state index is 13.6. The monoisotopic (exact) mass is 527 g/mol. The van der Waals surface area contributed by atoms with Gasteiger partial charge in [-0.2, -0.15) is 0 Å². The molecule has 0 aliphatic heterocycles. The molecule has 7 nitrogen and oxygen atoms in total. The Kier molecular flexibility index (Phi) is 10.7. The van der Waals surface area contributed by atoms with Crippen LogP contribution in [0.5, 0.6) is 0 Å². The molecule has 0 radical (unpaired) electrons. The first-order valence-corrected chi connectivity index (χ1v) is 13.7. The summed E-state index contributed by atoms with van der Waals surface area (Å²) in [5, 5.41) is 3.08. The highest BCUT2D eigenvalue weighted by Gasteiger charge is 2.32. The molecule has 0 saturated carbocycles. The summed E-state index contributed by atoms with van der Waals surface area (Å²) >= 11 is 12.4. The molecule has 1 atom stereocenters. The summed E-state index contributed by atoms with van der Waals surface area (Å²) in [7, 11) is -3.89. The van der Waals surface area contributed by atoms with E-state index < -0.39 is 28.5 Å². The maximum absolute atomic E-state index is 13.6. The number of halogens is 2. The molecule has 10 heteroatoms. The summed E-state index contributed by atoms with van der Waals surface area (Å²) in [6.07, 6.45) is 3.11. The van der Waals surface area contributed by atoms with Crippen LogP contribution in [-0.4, -0.2) is 50.5 Å². The van der Waals surface area contributed by atoms with E-state index in [1.165, 1.54) is 17.0 Å². The molecule has 0 aliphatic carbocycles. The molecular formula is C24H31Cl2N3O4S. The number of rotatable bonds is 12. The van der Waals surface area contributed by atoms with Crippen molar-refractivity contribution in [2.24, 2.45) is 0 Å². The third-order valence-corrected chi connectivity index (χ3v) is 7.23. The molecule has 2 rings (SSSR count). The van der Waals surface area contributed by atoms with Gasteiger partial charge in [-0.25, -0.2) is 8.42 Å². The van der Waals surface area contributed by atoms with Gasteiger partial charge in [-0.15, -0.1) is 0 Å². The van der Waals surface area contributed by atoms with Crippen LogP contribution in [0, 0.1) is 0 Å². The number of nitrogens with one attached hydrogen (secondary N) is 1. The minimum absolute atomic E-state index is 0.0290. The fraction of sp³-hybridized carbons (Fsp3) is 0.417. The van der Waals surface area contributed by atoms with Crippen LogP contribution in [0.2, 0.25) is 10.0 Å². The summed E-state index contributed by atoms with van der Waals surface area (Å²) in [5.74, 6) is -0.797. The zero-order valence-corrected chi connectivity index (χ0v) is 22.0. The van der Waals surface area contributed by atoms with Gasteiger partial charge in [0.2, 0.25) is 21.8 Å². The lowest BCUT2D eigenvalue weighted by Gasteiger charge is -2.33. The number of amides is 2. The second-order valence-electron chi connectivity index (χ2n) is 7.92. The van der Waals surface area contributed by atoms with Crippen molar-refractivity contribution >= 4 is 50.7 Å². The molecule has 0 saturated heterocycles. The highest BCUT2D eigenvalue weighted by molar-refractivity contribution is 7.92. The molecule has 0 bridgehead atoms. The van der Waals surface area contributed by atoms with Crippen molar-refractivity contribution in [1.29, 1.82) is 0 Å². The smallest absolute Gasteiger partial charge is 0.244 e. The Hall–Kier alpha value is -2.29. The Bertz CT molecular complexity index is 1080. The Balaban J connectivity index is 2.42. The molecule has 2 aromatic rings. The molecule has 0 aromatic heterocycles. The molecule has 2 aromatic carbocycles. The number of carbonyl (C=O) groups excluding carboxylic acids is 2. The second kappa shape index (κ2) is 13.0. The van der Waals surface area contributed by atoms with Gasteiger partial charge in [-0.1, -0.05) is 79.9 Å². The van der Waals surface area contributed by atoms with E-state index in [2.05, 4.69) is 5.32 Å². The number of nitrogens with zero attached hydrogens (tertiary/aromatic N) is 2. The molecule has 0 spiro atoms. The van der Waals surface area contributed by atoms with Crippen LogP contribution in [0.3, 0.4) is 0 Å². The van der Waals surface area contributed by atoms with Crippen LogP contribution >= 0.6 is 23.2 Å². The Morgan fingerprint density at radius 1 is 1.03 bits per heavy atom. The van der Waals surface area contributed by atoms with Gasteiger partial charge < -0.3 is 10.2 Å². The molecule has 0 aliphatic rings. The lowest BCUT2D eigenvalue weighted by Crippen LogP contribution is -2.52. The van der Waals surface area contributed by atoms with Gasteiger partial charge >= 0.3 is 0 Å². The van der Waals surface area contributed by atoms with E-state index in [1.54, 1.807) is 6.07 Å². The number of hydrogen-bond acceptors (Lipinski definition) is 4. The fourth-order valence-electron chi connectivity index (χ4n) is 3.49. The highest BCUT2D eigenvalue weighted by Crippen LogP contribution is 2.33. The third-order valence-electron chi connectivity index (χ3n) is 5.29. The van der Waals surface area contributed by atoms with Gasteiger partial charge in [0.1, 0.15) is 12.6 Å². The standard InChI is InChI=1S/C24H31Cl2N3O4S/c1-4-6-15-27-24(31)20(5-2)28(16-18-11-8-7-9-12-18)22(30)17-29(34(3,32)33)21-14-10-13-19(25)23(21)26/h7-14,20H,4-6,15-17H2,1-3H3,(H,27,31)/t20-/m0/s1. The van der Waals surface area contributed by atoms with Gasteiger partial charge in [0.15, 0.2) is 0 Å². The minimum Gasteiger partial charge on any atom is -0.354 e. The van der Waals surface area contributed by atoms with Gasteiger partial charge in [-0.3, -0.25) is 13.9 Å². The fourth-order valence-corrected chi connectivity index (χ4v) is 4.79. The summed E-state index contributed by atoms with van der Waals surface area (Å²) in [6, 6.07) is 13.1. The molecule has 0 heterocycles. The zero-order chi connectivity index (χ0) is 25.3. The first-order chi connectivity index (χ1) is 16.1. The maximum Gasteiger partial charge on any atom is 0.244 e. The predicted octanol–water partition coefficient (Wildman–Crippen LogP) is 4.48. The van der Waals surface area contributed by atoms with E-state index in [4.69, 9.17) is 23.2 Å². The van der Waals surface area contributed by atoms with E-state index in [0.29, 0.717) is 13.0 Å². The summed E-state index contributed by atoms with van der Waals surface area (Å²) < 4.78 is 26.2.